The normalized spacial score (nSPS) is 17.5. The first-order chi connectivity index (χ1) is 6.45. The van der Waals surface area contributed by atoms with Crippen molar-refractivity contribution in [1.29, 1.82) is 0 Å². The van der Waals surface area contributed by atoms with Gasteiger partial charge in [-0.1, -0.05) is 12.1 Å². The molecule has 3 heteroatoms. The summed E-state index contributed by atoms with van der Waals surface area (Å²) in [5, 5.41) is 2.14. The Balaban J connectivity index is 2.12. The molecule has 2 aliphatic rings. The maximum Gasteiger partial charge on any atom is 0.0789 e. The van der Waals surface area contributed by atoms with Crippen LogP contribution >= 0.6 is 11.9 Å². The van der Waals surface area contributed by atoms with Crippen molar-refractivity contribution in [2.75, 3.05) is 5.01 Å². The minimum atomic E-state index is 1.26. The fraction of sp³-hybridized carbons (Fsp3) is 0. The molecule has 0 spiro atoms. The second-order valence-corrected chi connectivity index (χ2v) is 3.89. The Morgan fingerprint density at radius 3 is 2.85 bits per heavy atom. The number of fused-ring (bicyclic) bond motifs is 3. The Morgan fingerprint density at radius 1 is 1.00 bits per heavy atom. The highest BCUT2D eigenvalue weighted by atomic mass is 32.2. The first-order valence-electron chi connectivity index (χ1n) is 4.15. The summed E-state index contributed by atoms with van der Waals surface area (Å²) >= 11 is 1.74. The van der Waals surface area contributed by atoms with E-state index in [4.69, 9.17) is 0 Å². The Morgan fingerprint density at radius 2 is 1.85 bits per heavy atom. The van der Waals surface area contributed by atoms with Gasteiger partial charge >= 0.3 is 0 Å². The van der Waals surface area contributed by atoms with Crippen LogP contribution in [0.5, 0.6) is 0 Å². The molecule has 2 heterocycles. The Hall–Kier alpha value is -1.35. The molecular weight excluding hydrogens is 180 g/mol. The van der Waals surface area contributed by atoms with Crippen LogP contribution in [0.1, 0.15) is 0 Å². The van der Waals surface area contributed by atoms with E-state index < -0.39 is 0 Å². The van der Waals surface area contributed by atoms with E-state index in [2.05, 4.69) is 46.1 Å². The number of anilines is 1. The molecule has 0 N–H and O–H groups in total. The van der Waals surface area contributed by atoms with E-state index >= 15 is 0 Å². The van der Waals surface area contributed by atoms with E-state index in [9.17, 15) is 0 Å². The molecule has 0 unspecified atom stereocenters. The summed E-state index contributed by atoms with van der Waals surface area (Å²) < 4.78 is 2.12. The molecule has 2 aliphatic heterocycles. The third-order valence-corrected chi connectivity index (χ3v) is 3.09. The quantitative estimate of drug-likeness (QED) is 0.578. The van der Waals surface area contributed by atoms with Gasteiger partial charge in [-0.25, -0.2) is 9.42 Å². The van der Waals surface area contributed by atoms with Crippen molar-refractivity contribution in [3.63, 3.8) is 0 Å². The summed E-state index contributed by atoms with van der Waals surface area (Å²) in [6.45, 7) is 0. The minimum absolute atomic E-state index is 1.26. The van der Waals surface area contributed by atoms with E-state index in [0.29, 0.717) is 0 Å². The lowest BCUT2D eigenvalue weighted by molar-refractivity contribution is 0.638. The van der Waals surface area contributed by atoms with Crippen molar-refractivity contribution in [2.24, 2.45) is 0 Å². The highest BCUT2D eigenvalue weighted by Crippen LogP contribution is 2.43. The van der Waals surface area contributed by atoms with Crippen LogP contribution in [0.25, 0.3) is 0 Å². The van der Waals surface area contributed by atoms with Crippen molar-refractivity contribution >= 4 is 17.6 Å². The van der Waals surface area contributed by atoms with Gasteiger partial charge in [0.1, 0.15) is 0 Å². The summed E-state index contributed by atoms with van der Waals surface area (Å²) in [4.78, 5) is 1.30. The number of hydrogen-bond acceptors (Lipinski definition) is 3. The average Bonchev–Trinajstić information content (AvgIpc) is 2.56. The molecule has 0 aliphatic carbocycles. The van der Waals surface area contributed by atoms with E-state index in [1.54, 1.807) is 11.9 Å². The monoisotopic (exact) mass is 188 g/mol. The Kier molecular flexibility index (Phi) is 1.40. The zero-order valence-electron chi connectivity index (χ0n) is 6.92. The molecule has 0 radical (unpaired) electrons. The lowest BCUT2D eigenvalue weighted by Crippen LogP contribution is -2.25. The van der Waals surface area contributed by atoms with Crippen LogP contribution in [0, 0.1) is 0 Å². The highest BCUT2D eigenvalue weighted by molar-refractivity contribution is 7.97. The van der Waals surface area contributed by atoms with Crippen LogP contribution < -0.4 is 5.01 Å². The third-order valence-electron chi connectivity index (χ3n) is 2.07. The first-order valence-corrected chi connectivity index (χ1v) is 4.93. The molecule has 1 aromatic carbocycles. The number of hydrogen-bond donors (Lipinski definition) is 0. The molecule has 0 atom stereocenters. The molecule has 64 valence electrons. The Labute approximate surface area is 81.2 Å². The van der Waals surface area contributed by atoms with Crippen LogP contribution in [0.15, 0.2) is 53.7 Å². The largest absolute Gasteiger partial charge is 0.250 e. The van der Waals surface area contributed by atoms with Crippen molar-refractivity contribution < 1.29 is 0 Å². The number of benzene rings is 1. The van der Waals surface area contributed by atoms with Crippen LogP contribution in [0.3, 0.4) is 0 Å². The van der Waals surface area contributed by atoms with Crippen LogP contribution in [0.4, 0.5) is 5.69 Å². The first kappa shape index (κ1) is 7.09. The van der Waals surface area contributed by atoms with Crippen molar-refractivity contribution in [1.82, 2.24) is 4.41 Å². The standard InChI is InChI=1S/C10H8N2S/c1-2-6-10-9(5-1)11-7-3-4-8-12(11)13-10/h1-8H. The highest BCUT2D eigenvalue weighted by Gasteiger charge is 2.24. The van der Waals surface area contributed by atoms with Gasteiger partial charge in [-0.15, -0.1) is 0 Å². The number of para-hydroxylation sites is 1. The lowest BCUT2D eigenvalue weighted by Gasteiger charge is -2.25. The van der Waals surface area contributed by atoms with Gasteiger partial charge in [0.05, 0.1) is 10.6 Å². The molecule has 0 amide bonds. The molecule has 13 heavy (non-hydrogen) atoms. The maximum absolute atomic E-state index is 2.14. The van der Waals surface area contributed by atoms with Gasteiger partial charge in [0.15, 0.2) is 0 Å². The molecule has 0 saturated carbocycles. The predicted molar refractivity (Wildman–Crippen MR) is 54.9 cm³/mol. The summed E-state index contributed by atoms with van der Waals surface area (Å²) in [5.74, 6) is 0. The number of nitrogens with zero attached hydrogens (tertiary/aromatic N) is 2. The Bertz CT molecular complexity index is 398. The minimum Gasteiger partial charge on any atom is -0.250 e. The van der Waals surface area contributed by atoms with E-state index in [1.807, 2.05) is 12.2 Å². The van der Waals surface area contributed by atoms with Crippen molar-refractivity contribution in [3.8, 4) is 0 Å². The molecule has 0 saturated heterocycles. The van der Waals surface area contributed by atoms with E-state index in [0.717, 1.165) is 0 Å². The van der Waals surface area contributed by atoms with Crippen LogP contribution in [-0.2, 0) is 0 Å². The van der Waals surface area contributed by atoms with Gasteiger partial charge in [0.2, 0.25) is 0 Å². The fourth-order valence-electron chi connectivity index (χ4n) is 1.48. The van der Waals surface area contributed by atoms with Gasteiger partial charge < -0.3 is 0 Å². The van der Waals surface area contributed by atoms with Gasteiger partial charge in [-0.3, -0.25) is 0 Å². The summed E-state index contributed by atoms with van der Waals surface area (Å²) in [6, 6.07) is 8.40. The average molecular weight is 188 g/mol. The molecule has 0 aromatic heterocycles. The predicted octanol–water partition coefficient (Wildman–Crippen LogP) is 2.77. The third kappa shape index (κ3) is 0.971. The van der Waals surface area contributed by atoms with E-state index in [-0.39, 0.29) is 0 Å². The van der Waals surface area contributed by atoms with Crippen LogP contribution in [-0.4, -0.2) is 4.41 Å². The second-order valence-electron chi connectivity index (χ2n) is 2.89. The summed E-state index contributed by atoms with van der Waals surface area (Å²) in [7, 11) is 0. The van der Waals surface area contributed by atoms with Gasteiger partial charge in [-0.05, 0) is 24.3 Å². The maximum atomic E-state index is 2.14. The van der Waals surface area contributed by atoms with Crippen LogP contribution in [0.2, 0.25) is 0 Å². The zero-order valence-corrected chi connectivity index (χ0v) is 7.74. The van der Waals surface area contributed by atoms with Crippen molar-refractivity contribution in [3.05, 3.63) is 48.8 Å². The summed E-state index contributed by atoms with van der Waals surface area (Å²) in [5.41, 5.74) is 1.26. The SMILES string of the molecule is C1=CN2Sc3ccccc3N2C=C1. The fourth-order valence-corrected chi connectivity index (χ4v) is 2.43. The molecular formula is C10H8N2S. The molecule has 2 nitrogen and oxygen atoms in total. The zero-order chi connectivity index (χ0) is 8.67. The lowest BCUT2D eigenvalue weighted by atomic mass is 10.3. The smallest absolute Gasteiger partial charge is 0.0789 e. The molecule has 3 rings (SSSR count). The second kappa shape index (κ2) is 2.57. The van der Waals surface area contributed by atoms with E-state index in [1.165, 1.54) is 10.6 Å². The van der Waals surface area contributed by atoms with Gasteiger partial charge in [-0.2, -0.15) is 0 Å². The molecule has 1 aromatic rings. The number of rotatable bonds is 0. The summed E-state index contributed by atoms with van der Waals surface area (Å²) in [6.07, 6.45) is 8.21. The molecule has 0 bridgehead atoms. The molecule has 0 fully saturated rings. The van der Waals surface area contributed by atoms with Gasteiger partial charge in [0.25, 0.3) is 0 Å². The number of hydrazine groups is 1. The number of allylic oxidation sites excluding steroid dienone is 2. The van der Waals surface area contributed by atoms with Crippen molar-refractivity contribution in [2.45, 2.75) is 4.90 Å². The van der Waals surface area contributed by atoms with Gasteiger partial charge in [0, 0.05) is 24.3 Å². The topological polar surface area (TPSA) is 6.48 Å².